The maximum absolute atomic E-state index is 5.63. The van der Waals surface area contributed by atoms with Crippen molar-refractivity contribution >= 4 is 0 Å². The summed E-state index contributed by atoms with van der Waals surface area (Å²) < 4.78 is 16.1. The number of hydrogen-bond donors (Lipinski definition) is 0. The monoisotopic (exact) mass is 380 g/mol. The number of ether oxygens (including phenoxy) is 3. The quantitative estimate of drug-likeness (QED) is 0.419. The lowest BCUT2D eigenvalue weighted by molar-refractivity contribution is 0.114. The summed E-state index contributed by atoms with van der Waals surface area (Å²) in [7, 11) is 0. The van der Waals surface area contributed by atoms with Gasteiger partial charge in [-0.25, -0.2) is 0 Å². The molecule has 4 rings (SSSR count). The Morgan fingerprint density at radius 2 is 1.36 bits per heavy atom. The number of aryl methyl sites for hydroxylation is 2. The highest BCUT2D eigenvalue weighted by atomic mass is 16.6. The van der Waals surface area contributed by atoms with Gasteiger partial charge in [0.2, 0.25) is 0 Å². The maximum atomic E-state index is 5.63. The van der Waals surface area contributed by atoms with Crippen LogP contribution in [0.25, 0.3) is 0 Å². The van der Waals surface area contributed by atoms with Crippen molar-refractivity contribution in [3.05, 3.63) is 70.8 Å². The van der Waals surface area contributed by atoms with Crippen LogP contribution in [-0.4, -0.2) is 38.6 Å². The van der Waals surface area contributed by atoms with Gasteiger partial charge in [-0.15, -0.1) is 0 Å². The van der Waals surface area contributed by atoms with Crippen LogP contribution in [0.3, 0.4) is 0 Å². The molecule has 2 aromatic carbocycles. The SMILES string of the molecule is CC(C)(c1ccc(CCCOCC2CO2)cc1)c1ccc(CCC2CO2)cc1. The Balaban J connectivity index is 1.29. The van der Waals surface area contributed by atoms with Crippen molar-refractivity contribution in [1.29, 1.82) is 0 Å². The fourth-order valence-electron chi connectivity index (χ4n) is 3.66. The van der Waals surface area contributed by atoms with Crippen molar-refractivity contribution in [1.82, 2.24) is 0 Å². The van der Waals surface area contributed by atoms with E-state index in [0.717, 1.165) is 52.1 Å². The first-order chi connectivity index (χ1) is 13.6. The van der Waals surface area contributed by atoms with Crippen LogP contribution in [0.15, 0.2) is 48.5 Å². The van der Waals surface area contributed by atoms with Crippen molar-refractivity contribution in [2.24, 2.45) is 0 Å². The molecule has 150 valence electrons. The molecule has 28 heavy (non-hydrogen) atoms. The molecule has 0 aliphatic carbocycles. The van der Waals surface area contributed by atoms with Gasteiger partial charge < -0.3 is 14.2 Å². The van der Waals surface area contributed by atoms with Gasteiger partial charge in [-0.05, 0) is 47.9 Å². The van der Waals surface area contributed by atoms with E-state index in [1.807, 2.05) is 0 Å². The summed E-state index contributed by atoms with van der Waals surface area (Å²) in [5.41, 5.74) is 5.51. The van der Waals surface area contributed by atoms with E-state index >= 15 is 0 Å². The third-order valence-corrected chi connectivity index (χ3v) is 5.97. The summed E-state index contributed by atoms with van der Waals surface area (Å²) in [6.07, 6.45) is 5.24. The third kappa shape index (κ3) is 5.44. The van der Waals surface area contributed by atoms with Gasteiger partial charge in [-0.1, -0.05) is 62.4 Å². The summed E-state index contributed by atoms with van der Waals surface area (Å²) in [4.78, 5) is 0. The van der Waals surface area contributed by atoms with Crippen LogP contribution in [-0.2, 0) is 32.5 Å². The number of epoxide rings is 2. The molecule has 0 spiro atoms. The lowest BCUT2D eigenvalue weighted by Gasteiger charge is -2.26. The highest BCUT2D eigenvalue weighted by Crippen LogP contribution is 2.32. The van der Waals surface area contributed by atoms with Gasteiger partial charge in [0.25, 0.3) is 0 Å². The Morgan fingerprint density at radius 3 is 1.89 bits per heavy atom. The molecule has 2 atom stereocenters. The van der Waals surface area contributed by atoms with Crippen LogP contribution in [0.1, 0.15) is 48.9 Å². The first kappa shape index (κ1) is 19.6. The highest BCUT2D eigenvalue weighted by molar-refractivity contribution is 5.39. The van der Waals surface area contributed by atoms with Crippen molar-refractivity contribution in [2.45, 2.75) is 57.2 Å². The van der Waals surface area contributed by atoms with Gasteiger partial charge in [0.05, 0.1) is 25.9 Å². The van der Waals surface area contributed by atoms with Gasteiger partial charge in [0.15, 0.2) is 0 Å². The molecule has 0 saturated carbocycles. The minimum absolute atomic E-state index is 0.00401. The highest BCUT2D eigenvalue weighted by Gasteiger charge is 2.24. The van der Waals surface area contributed by atoms with Crippen LogP contribution in [0.5, 0.6) is 0 Å². The Morgan fingerprint density at radius 1 is 0.821 bits per heavy atom. The topological polar surface area (TPSA) is 34.3 Å². The molecular formula is C25H32O3. The van der Waals surface area contributed by atoms with E-state index in [1.165, 1.54) is 22.3 Å². The van der Waals surface area contributed by atoms with Gasteiger partial charge in [-0.2, -0.15) is 0 Å². The molecule has 0 bridgehead atoms. The van der Waals surface area contributed by atoms with E-state index < -0.39 is 0 Å². The van der Waals surface area contributed by atoms with Gasteiger partial charge in [0, 0.05) is 12.0 Å². The molecule has 2 unspecified atom stereocenters. The molecule has 2 saturated heterocycles. The normalized spacial score (nSPS) is 20.9. The lowest BCUT2D eigenvalue weighted by atomic mass is 9.77. The molecule has 2 aliphatic heterocycles. The summed E-state index contributed by atoms with van der Waals surface area (Å²) in [6, 6.07) is 18.2. The van der Waals surface area contributed by atoms with Crippen LogP contribution in [0.4, 0.5) is 0 Å². The number of rotatable bonds is 11. The standard InChI is InChI=1S/C25H32O3/c1-25(2,22-12-7-20(8-13-22)9-14-23-17-27-23)21-10-5-19(6-11-21)4-3-15-26-16-24-18-28-24/h5-8,10-13,23-24H,3-4,9,14-18H2,1-2H3. The van der Waals surface area contributed by atoms with Gasteiger partial charge >= 0.3 is 0 Å². The zero-order chi connectivity index (χ0) is 19.4. The smallest absolute Gasteiger partial charge is 0.104 e. The van der Waals surface area contributed by atoms with E-state index in [9.17, 15) is 0 Å². The average molecular weight is 381 g/mol. The van der Waals surface area contributed by atoms with Crippen molar-refractivity contribution < 1.29 is 14.2 Å². The van der Waals surface area contributed by atoms with Crippen molar-refractivity contribution in [3.8, 4) is 0 Å². The first-order valence-corrected chi connectivity index (χ1v) is 10.6. The van der Waals surface area contributed by atoms with Crippen LogP contribution >= 0.6 is 0 Å². The minimum Gasteiger partial charge on any atom is -0.379 e. The second-order valence-electron chi connectivity index (χ2n) is 8.65. The molecule has 2 aromatic rings. The van der Waals surface area contributed by atoms with Crippen LogP contribution < -0.4 is 0 Å². The first-order valence-electron chi connectivity index (χ1n) is 10.6. The Bertz CT molecular complexity index is 740. The van der Waals surface area contributed by atoms with E-state index in [2.05, 4.69) is 62.4 Å². The predicted octanol–water partition coefficient (Wildman–Crippen LogP) is 4.69. The predicted molar refractivity (Wildman–Crippen MR) is 112 cm³/mol. The number of hydrogen-bond acceptors (Lipinski definition) is 3. The van der Waals surface area contributed by atoms with Crippen LogP contribution in [0, 0.1) is 0 Å². The Kier molecular flexibility index (Phi) is 6.15. The molecule has 3 nitrogen and oxygen atoms in total. The number of benzene rings is 2. The minimum atomic E-state index is 0.00401. The van der Waals surface area contributed by atoms with Gasteiger partial charge in [0.1, 0.15) is 6.10 Å². The summed E-state index contributed by atoms with van der Waals surface area (Å²) >= 11 is 0. The van der Waals surface area contributed by atoms with E-state index in [1.54, 1.807) is 0 Å². The zero-order valence-electron chi connectivity index (χ0n) is 17.2. The van der Waals surface area contributed by atoms with Crippen molar-refractivity contribution in [3.63, 3.8) is 0 Å². The maximum Gasteiger partial charge on any atom is 0.104 e. The second-order valence-corrected chi connectivity index (χ2v) is 8.65. The Hall–Kier alpha value is -1.68. The van der Waals surface area contributed by atoms with Crippen LogP contribution in [0.2, 0.25) is 0 Å². The molecule has 0 N–H and O–H groups in total. The molecule has 2 fully saturated rings. The molecule has 0 aromatic heterocycles. The molecule has 0 amide bonds. The molecule has 2 heterocycles. The van der Waals surface area contributed by atoms with E-state index in [0.29, 0.717) is 12.2 Å². The summed E-state index contributed by atoms with van der Waals surface area (Å²) in [5.74, 6) is 0. The molecule has 0 radical (unpaired) electrons. The Labute approximate surface area is 169 Å². The average Bonchev–Trinajstić information content (AvgIpc) is 3.62. The van der Waals surface area contributed by atoms with Crippen molar-refractivity contribution in [2.75, 3.05) is 26.4 Å². The third-order valence-electron chi connectivity index (χ3n) is 5.97. The fraction of sp³-hybridized carbons (Fsp3) is 0.520. The summed E-state index contributed by atoms with van der Waals surface area (Å²) in [5, 5.41) is 0. The molecule has 2 aliphatic rings. The molecular weight excluding hydrogens is 348 g/mol. The molecule has 3 heteroatoms. The summed E-state index contributed by atoms with van der Waals surface area (Å²) in [6.45, 7) is 8.00. The largest absolute Gasteiger partial charge is 0.379 e. The zero-order valence-corrected chi connectivity index (χ0v) is 17.2. The van der Waals surface area contributed by atoms with Gasteiger partial charge in [-0.3, -0.25) is 0 Å². The fourth-order valence-corrected chi connectivity index (χ4v) is 3.66. The lowest BCUT2D eigenvalue weighted by Crippen LogP contribution is -2.18. The van der Waals surface area contributed by atoms with E-state index in [-0.39, 0.29) is 5.41 Å². The van der Waals surface area contributed by atoms with E-state index in [4.69, 9.17) is 14.2 Å². The second kappa shape index (κ2) is 8.77.